The number of carbonyl (C=O) groups excluding carboxylic acids is 1. The smallest absolute Gasteiger partial charge is 0.348 e. The second kappa shape index (κ2) is 5.30. The molecule has 1 rings (SSSR count). The van der Waals surface area contributed by atoms with Crippen molar-refractivity contribution in [2.45, 2.75) is 12.1 Å². The normalized spacial score (nSPS) is 24.9. The lowest BCUT2D eigenvalue weighted by Crippen LogP contribution is -2.35. The average Bonchev–Trinajstić information content (AvgIpc) is 2.17. The van der Waals surface area contributed by atoms with Crippen LogP contribution in [0.1, 0.15) is 6.42 Å². The molecule has 0 spiro atoms. The summed E-state index contributed by atoms with van der Waals surface area (Å²) in [6.07, 6.45) is 4.63. The first kappa shape index (κ1) is 12.2. The molecule has 1 unspecified atom stereocenters. The summed E-state index contributed by atoms with van der Waals surface area (Å²) in [7, 11) is 0. The lowest BCUT2D eigenvalue weighted by molar-refractivity contribution is -0.154. The fourth-order valence-corrected chi connectivity index (χ4v) is 1.40. The van der Waals surface area contributed by atoms with Crippen molar-refractivity contribution >= 4 is 17.7 Å². The maximum Gasteiger partial charge on any atom is 0.348 e. The molecule has 5 heteroatoms. The standard InChI is InChI=1S/C10H12F2O2S/c1-15-6-5-14-9(13)10(12)4-2-3-8(11)7-10/h2-4H,5-7H2,1H3. The fourth-order valence-electron chi connectivity index (χ4n) is 1.15. The number of alkyl halides is 1. The number of hydrogen-bond donors (Lipinski definition) is 0. The summed E-state index contributed by atoms with van der Waals surface area (Å²) in [6, 6.07) is 0. The molecule has 84 valence electrons. The number of esters is 1. The van der Waals surface area contributed by atoms with Crippen LogP contribution in [0.15, 0.2) is 24.1 Å². The Balaban J connectivity index is 2.52. The van der Waals surface area contributed by atoms with E-state index in [1.165, 1.54) is 17.8 Å². The molecule has 0 heterocycles. The third-order valence-corrected chi connectivity index (χ3v) is 2.50. The minimum Gasteiger partial charge on any atom is -0.462 e. The minimum absolute atomic E-state index is 0.144. The highest BCUT2D eigenvalue weighted by atomic mass is 32.2. The van der Waals surface area contributed by atoms with Gasteiger partial charge in [0.15, 0.2) is 0 Å². The molecule has 0 amide bonds. The first-order valence-corrected chi connectivity index (χ1v) is 5.87. The van der Waals surface area contributed by atoms with Crippen molar-refractivity contribution in [2.75, 3.05) is 18.6 Å². The molecule has 0 aromatic heterocycles. The Morgan fingerprint density at radius 2 is 2.47 bits per heavy atom. The lowest BCUT2D eigenvalue weighted by atomic mass is 9.97. The van der Waals surface area contributed by atoms with Crippen LogP contribution in [0.3, 0.4) is 0 Å². The molecular formula is C10H12F2O2S. The number of halogens is 2. The Hall–Kier alpha value is -0.840. The molecule has 0 fully saturated rings. The van der Waals surface area contributed by atoms with E-state index in [2.05, 4.69) is 0 Å². The molecule has 0 bridgehead atoms. The van der Waals surface area contributed by atoms with Crippen LogP contribution in [0.5, 0.6) is 0 Å². The van der Waals surface area contributed by atoms with Crippen molar-refractivity contribution < 1.29 is 18.3 Å². The van der Waals surface area contributed by atoms with E-state index in [9.17, 15) is 13.6 Å². The summed E-state index contributed by atoms with van der Waals surface area (Å²) in [6.45, 7) is 0.144. The van der Waals surface area contributed by atoms with Gasteiger partial charge in [0.2, 0.25) is 5.67 Å². The van der Waals surface area contributed by atoms with Gasteiger partial charge in [0, 0.05) is 12.2 Å². The van der Waals surface area contributed by atoms with Crippen LogP contribution in [0.2, 0.25) is 0 Å². The van der Waals surface area contributed by atoms with Gasteiger partial charge in [0.05, 0.1) is 0 Å². The van der Waals surface area contributed by atoms with Gasteiger partial charge in [-0.15, -0.1) is 0 Å². The van der Waals surface area contributed by atoms with Crippen molar-refractivity contribution in [3.8, 4) is 0 Å². The zero-order chi connectivity index (χ0) is 11.3. The SMILES string of the molecule is CSCCOC(=O)C1(F)C=CC=C(F)C1. The highest BCUT2D eigenvalue weighted by molar-refractivity contribution is 7.98. The van der Waals surface area contributed by atoms with E-state index >= 15 is 0 Å². The van der Waals surface area contributed by atoms with Gasteiger partial charge in [0.25, 0.3) is 0 Å². The number of rotatable bonds is 4. The number of hydrogen-bond acceptors (Lipinski definition) is 3. The van der Waals surface area contributed by atoms with E-state index in [0.29, 0.717) is 5.75 Å². The van der Waals surface area contributed by atoms with E-state index in [4.69, 9.17) is 4.74 Å². The Labute approximate surface area is 91.4 Å². The van der Waals surface area contributed by atoms with Crippen molar-refractivity contribution in [3.05, 3.63) is 24.1 Å². The zero-order valence-corrected chi connectivity index (χ0v) is 9.15. The van der Waals surface area contributed by atoms with Gasteiger partial charge in [-0.25, -0.2) is 13.6 Å². The molecule has 0 N–H and O–H groups in total. The Bertz CT molecular complexity index is 302. The van der Waals surface area contributed by atoms with E-state index < -0.39 is 23.9 Å². The molecule has 0 aromatic carbocycles. The summed E-state index contributed by atoms with van der Waals surface area (Å²) >= 11 is 1.49. The number of ether oxygens (including phenoxy) is 1. The molecule has 15 heavy (non-hydrogen) atoms. The predicted molar refractivity (Wildman–Crippen MR) is 56.1 cm³/mol. The fraction of sp³-hybridized carbons (Fsp3) is 0.500. The van der Waals surface area contributed by atoms with Crippen LogP contribution in [0, 0.1) is 0 Å². The highest BCUT2D eigenvalue weighted by Gasteiger charge is 2.40. The van der Waals surface area contributed by atoms with E-state index in [-0.39, 0.29) is 6.61 Å². The second-order valence-electron chi connectivity index (χ2n) is 3.14. The van der Waals surface area contributed by atoms with Crippen LogP contribution < -0.4 is 0 Å². The Morgan fingerprint density at radius 1 is 1.73 bits per heavy atom. The van der Waals surface area contributed by atoms with E-state index in [1.807, 2.05) is 6.26 Å². The molecule has 2 nitrogen and oxygen atoms in total. The van der Waals surface area contributed by atoms with Gasteiger partial charge in [0.1, 0.15) is 12.4 Å². The average molecular weight is 234 g/mol. The van der Waals surface area contributed by atoms with E-state index in [0.717, 1.165) is 12.2 Å². The zero-order valence-electron chi connectivity index (χ0n) is 8.33. The van der Waals surface area contributed by atoms with Gasteiger partial charge >= 0.3 is 5.97 Å². The van der Waals surface area contributed by atoms with Crippen LogP contribution in [-0.2, 0) is 9.53 Å². The summed E-state index contributed by atoms with van der Waals surface area (Å²) in [5, 5.41) is 0. The topological polar surface area (TPSA) is 26.3 Å². The van der Waals surface area contributed by atoms with Gasteiger partial charge in [-0.2, -0.15) is 11.8 Å². The van der Waals surface area contributed by atoms with Gasteiger partial charge in [-0.1, -0.05) is 6.08 Å². The van der Waals surface area contributed by atoms with Crippen molar-refractivity contribution in [2.24, 2.45) is 0 Å². The van der Waals surface area contributed by atoms with Gasteiger partial charge in [-0.05, 0) is 18.4 Å². The molecule has 1 aliphatic rings. The number of allylic oxidation sites excluding steroid dienone is 3. The quantitative estimate of drug-likeness (QED) is 0.552. The third-order valence-electron chi connectivity index (χ3n) is 1.92. The molecular weight excluding hydrogens is 222 g/mol. The number of carbonyl (C=O) groups is 1. The van der Waals surface area contributed by atoms with Crippen LogP contribution in [0.4, 0.5) is 8.78 Å². The minimum atomic E-state index is -2.34. The summed E-state index contributed by atoms with van der Waals surface area (Å²) < 4.78 is 31.3. The maximum atomic E-state index is 13.8. The van der Waals surface area contributed by atoms with Gasteiger partial charge in [-0.3, -0.25) is 0 Å². The lowest BCUT2D eigenvalue weighted by Gasteiger charge is -2.20. The molecule has 1 atom stereocenters. The van der Waals surface area contributed by atoms with E-state index in [1.54, 1.807) is 0 Å². The Kier molecular flexibility index (Phi) is 4.32. The first-order chi connectivity index (χ1) is 7.08. The van der Waals surface area contributed by atoms with Crippen molar-refractivity contribution in [3.63, 3.8) is 0 Å². The summed E-state index contributed by atoms with van der Waals surface area (Å²) in [4.78, 5) is 11.3. The van der Waals surface area contributed by atoms with Gasteiger partial charge < -0.3 is 4.74 Å². The van der Waals surface area contributed by atoms with Crippen LogP contribution in [-0.4, -0.2) is 30.3 Å². The molecule has 0 aliphatic heterocycles. The number of thioether (sulfide) groups is 1. The maximum absolute atomic E-state index is 13.8. The van der Waals surface area contributed by atoms with Crippen molar-refractivity contribution in [1.82, 2.24) is 0 Å². The molecule has 0 radical (unpaired) electrons. The van der Waals surface area contributed by atoms with Crippen molar-refractivity contribution in [1.29, 1.82) is 0 Å². The summed E-state index contributed by atoms with van der Waals surface area (Å²) in [5.74, 6) is -1.07. The monoisotopic (exact) mass is 234 g/mol. The summed E-state index contributed by atoms with van der Waals surface area (Å²) in [5.41, 5.74) is -2.34. The molecule has 0 saturated carbocycles. The largest absolute Gasteiger partial charge is 0.462 e. The van der Waals surface area contributed by atoms with Crippen LogP contribution in [0.25, 0.3) is 0 Å². The van der Waals surface area contributed by atoms with Crippen LogP contribution >= 0.6 is 11.8 Å². The first-order valence-electron chi connectivity index (χ1n) is 4.47. The highest BCUT2D eigenvalue weighted by Crippen LogP contribution is 2.29. The predicted octanol–water partition coefficient (Wildman–Crippen LogP) is 2.41. The second-order valence-corrected chi connectivity index (χ2v) is 4.13. The molecule has 0 aromatic rings. The Morgan fingerprint density at radius 3 is 3.07 bits per heavy atom. The molecule has 0 saturated heterocycles. The molecule has 1 aliphatic carbocycles. The third kappa shape index (κ3) is 3.34.